The second-order valence-electron chi connectivity index (χ2n) is 29.3. The predicted molar refractivity (Wildman–Crippen MR) is 405 cm³/mol. The lowest BCUT2D eigenvalue weighted by molar-refractivity contribution is -0.161. The second kappa shape index (κ2) is 73.0. The average molecular weight is 1450 g/mol. The van der Waals surface area contributed by atoms with Crippen LogP contribution in [0.15, 0.2) is 0 Å². The van der Waals surface area contributed by atoms with Crippen molar-refractivity contribution >= 4 is 39.5 Å². The van der Waals surface area contributed by atoms with E-state index in [0.29, 0.717) is 25.7 Å². The van der Waals surface area contributed by atoms with Gasteiger partial charge in [-0.3, -0.25) is 37.3 Å². The molecule has 0 radical (unpaired) electrons. The summed E-state index contributed by atoms with van der Waals surface area (Å²) in [4.78, 5) is 73.0. The number of rotatable bonds is 80. The van der Waals surface area contributed by atoms with Crippen molar-refractivity contribution in [2.75, 3.05) is 39.6 Å². The summed E-state index contributed by atoms with van der Waals surface area (Å²) in [7, 11) is -9.92. The van der Waals surface area contributed by atoms with Gasteiger partial charge in [0.05, 0.1) is 26.4 Å². The minimum absolute atomic E-state index is 0.108. The first kappa shape index (κ1) is 97.1. The molecule has 0 heterocycles. The van der Waals surface area contributed by atoms with Crippen LogP contribution in [0.1, 0.15) is 426 Å². The van der Waals surface area contributed by atoms with Crippen molar-refractivity contribution in [3.8, 4) is 0 Å². The van der Waals surface area contributed by atoms with E-state index in [0.717, 1.165) is 95.8 Å². The lowest BCUT2D eigenvalue weighted by atomic mass is 10.0. The summed E-state index contributed by atoms with van der Waals surface area (Å²) in [5, 5.41) is 10.6. The quantitative estimate of drug-likeness (QED) is 0.0222. The number of unbranched alkanes of at least 4 members (excludes halogenated alkanes) is 52. The Balaban J connectivity index is 5.24. The number of hydrogen-bond acceptors (Lipinski definition) is 15. The van der Waals surface area contributed by atoms with Crippen LogP contribution in [-0.4, -0.2) is 96.7 Å². The van der Waals surface area contributed by atoms with E-state index in [1.807, 2.05) is 0 Å². The summed E-state index contributed by atoms with van der Waals surface area (Å²) in [5.74, 6) is -1.31. The van der Waals surface area contributed by atoms with E-state index >= 15 is 0 Å². The zero-order valence-electron chi connectivity index (χ0n) is 64.6. The molecule has 2 unspecified atom stereocenters. The number of phosphoric ester groups is 2. The van der Waals surface area contributed by atoms with Crippen molar-refractivity contribution in [2.45, 2.75) is 445 Å². The third-order valence-electron chi connectivity index (χ3n) is 18.8. The number of carbonyl (C=O) groups is 4. The van der Waals surface area contributed by atoms with Gasteiger partial charge in [-0.2, -0.15) is 0 Å². The number of ether oxygens (including phenoxy) is 4. The van der Waals surface area contributed by atoms with Gasteiger partial charge >= 0.3 is 39.5 Å². The van der Waals surface area contributed by atoms with Gasteiger partial charge in [0.15, 0.2) is 12.2 Å². The first-order valence-corrected chi connectivity index (χ1v) is 44.6. The molecule has 5 atom stereocenters. The van der Waals surface area contributed by atoms with Gasteiger partial charge in [0.1, 0.15) is 19.3 Å². The molecule has 0 saturated heterocycles. The molecule has 0 amide bonds. The molecule has 0 aliphatic rings. The van der Waals surface area contributed by atoms with Crippen molar-refractivity contribution in [1.29, 1.82) is 0 Å². The summed E-state index contributed by atoms with van der Waals surface area (Å²) >= 11 is 0. The number of hydrogen-bond donors (Lipinski definition) is 3. The molecule has 0 aliphatic carbocycles. The highest BCUT2D eigenvalue weighted by Gasteiger charge is 2.30. The molecule has 0 aromatic heterocycles. The molecule has 588 valence electrons. The highest BCUT2D eigenvalue weighted by atomic mass is 31.2. The molecule has 0 fully saturated rings. The van der Waals surface area contributed by atoms with Gasteiger partial charge in [0, 0.05) is 25.7 Å². The van der Waals surface area contributed by atoms with Gasteiger partial charge < -0.3 is 33.8 Å². The van der Waals surface area contributed by atoms with Crippen LogP contribution in [-0.2, 0) is 65.4 Å². The molecule has 99 heavy (non-hydrogen) atoms. The third kappa shape index (κ3) is 74.1. The minimum Gasteiger partial charge on any atom is -0.462 e. The van der Waals surface area contributed by atoms with Gasteiger partial charge in [0.25, 0.3) is 0 Å². The van der Waals surface area contributed by atoms with E-state index in [2.05, 4.69) is 34.6 Å². The summed E-state index contributed by atoms with van der Waals surface area (Å²) in [5.41, 5.74) is 0. The van der Waals surface area contributed by atoms with Crippen molar-refractivity contribution < 1.29 is 80.2 Å². The standard InChI is InChI=1S/C80H156O17P2/c1-6-9-12-15-18-21-24-26-28-30-35-39-44-49-54-59-64-78(83)91-70-76(97-80(85)66-61-56-51-46-41-37-33-32-34-38-42-47-52-57-62-73(4)5)72-95-99(88,89)93-68-74(81)67-92-98(86,87)94-71-75(69-90-77(82)63-58-53-48-43-23-20-17-14-11-8-3)96-79(84)65-60-55-50-45-40-36-31-29-27-25-22-19-16-13-10-7-2/h73-76,81H,6-72H2,1-5H3,(H,86,87)(H,88,89)/t74-,75+,76+/m0/s1. The molecule has 0 aromatic carbocycles. The Hall–Kier alpha value is -1.94. The van der Waals surface area contributed by atoms with E-state index in [1.54, 1.807) is 0 Å². The molecule has 0 spiro atoms. The first-order valence-electron chi connectivity index (χ1n) is 41.6. The van der Waals surface area contributed by atoms with Crippen LogP contribution < -0.4 is 0 Å². The van der Waals surface area contributed by atoms with Crippen LogP contribution in [0.4, 0.5) is 0 Å². The van der Waals surface area contributed by atoms with Crippen molar-refractivity contribution in [3.63, 3.8) is 0 Å². The topological polar surface area (TPSA) is 237 Å². The fourth-order valence-corrected chi connectivity index (χ4v) is 14.0. The molecular weight excluding hydrogens is 1290 g/mol. The predicted octanol–water partition coefficient (Wildman–Crippen LogP) is 24.0. The highest BCUT2D eigenvalue weighted by Crippen LogP contribution is 2.45. The normalized spacial score (nSPS) is 13.9. The van der Waals surface area contributed by atoms with E-state index in [-0.39, 0.29) is 25.7 Å². The lowest BCUT2D eigenvalue weighted by Crippen LogP contribution is -2.30. The number of carbonyl (C=O) groups excluding carboxylic acids is 4. The Morgan fingerprint density at radius 2 is 0.465 bits per heavy atom. The lowest BCUT2D eigenvalue weighted by Gasteiger charge is -2.21. The molecule has 0 saturated carbocycles. The van der Waals surface area contributed by atoms with Crippen LogP contribution in [0.5, 0.6) is 0 Å². The number of aliphatic hydroxyl groups excluding tert-OH is 1. The Labute approximate surface area is 607 Å². The van der Waals surface area contributed by atoms with Gasteiger partial charge in [-0.25, -0.2) is 9.13 Å². The summed E-state index contributed by atoms with van der Waals surface area (Å²) in [6.45, 7) is 7.35. The fourth-order valence-electron chi connectivity index (χ4n) is 12.4. The molecule has 0 aliphatic heterocycles. The summed E-state index contributed by atoms with van der Waals surface area (Å²) in [6.07, 6.45) is 63.7. The van der Waals surface area contributed by atoms with Gasteiger partial charge in [-0.1, -0.05) is 375 Å². The third-order valence-corrected chi connectivity index (χ3v) is 20.7. The van der Waals surface area contributed by atoms with Crippen LogP contribution >= 0.6 is 15.6 Å². The Morgan fingerprint density at radius 1 is 0.273 bits per heavy atom. The average Bonchev–Trinajstić information content (AvgIpc) is 1.11. The highest BCUT2D eigenvalue weighted by molar-refractivity contribution is 7.47. The number of esters is 4. The SMILES string of the molecule is CCCCCCCCCCCCCCCCCCC(=O)OC[C@H](COP(=O)(O)OC[C@@H](O)COP(=O)(O)OC[C@@H](COC(=O)CCCCCCCCCCCC)OC(=O)CCCCCCCCCCCCCCCCCC)OC(=O)CCCCCCCCCCCCCCCCC(C)C. The molecule has 17 nitrogen and oxygen atoms in total. The van der Waals surface area contributed by atoms with Crippen LogP contribution in [0.25, 0.3) is 0 Å². The molecule has 19 heteroatoms. The van der Waals surface area contributed by atoms with Crippen LogP contribution in [0.2, 0.25) is 0 Å². The molecule has 0 rings (SSSR count). The smallest absolute Gasteiger partial charge is 0.462 e. The maximum absolute atomic E-state index is 13.1. The number of phosphoric acid groups is 2. The summed E-state index contributed by atoms with van der Waals surface area (Å²) < 4.78 is 68.7. The minimum atomic E-state index is -4.96. The number of aliphatic hydroxyl groups is 1. The molecule has 3 N–H and O–H groups in total. The first-order chi connectivity index (χ1) is 48.0. The maximum Gasteiger partial charge on any atom is 0.472 e. The Kier molecular flexibility index (Phi) is 71.6. The summed E-state index contributed by atoms with van der Waals surface area (Å²) in [6, 6.07) is 0. The fraction of sp³-hybridized carbons (Fsp3) is 0.950. The van der Waals surface area contributed by atoms with E-state index in [9.17, 15) is 43.2 Å². The Morgan fingerprint density at radius 3 is 0.687 bits per heavy atom. The van der Waals surface area contributed by atoms with Crippen molar-refractivity contribution in [1.82, 2.24) is 0 Å². The zero-order chi connectivity index (χ0) is 72.7. The monoisotopic (exact) mass is 1450 g/mol. The second-order valence-corrected chi connectivity index (χ2v) is 32.2. The maximum atomic E-state index is 13.1. The van der Waals surface area contributed by atoms with E-state index in [4.69, 9.17) is 37.0 Å². The van der Waals surface area contributed by atoms with Gasteiger partial charge in [-0.15, -0.1) is 0 Å². The Bertz CT molecular complexity index is 1890. The largest absolute Gasteiger partial charge is 0.472 e. The molecular formula is C80H156O17P2. The van der Waals surface area contributed by atoms with E-state index in [1.165, 1.54) is 250 Å². The zero-order valence-corrected chi connectivity index (χ0v) is 66.4. The van der Waals surface area contributed by atoms with Crippen molar-refractivity contribution in [3.05, 3.63) is 0 Å². The molecule has 0 aromatic rings. The van der Waals surface area contributed by atoms with Crippen LogP contribution in [0, 0.1) is 5.92 Å². The van der Waals surface area contributed by atoms with E-state index < -0.39 is 97.5 Å². The van der Waals surface area contributed by atoms with Gasteiger partial charge in [-0.05, 0) is 31.6 Å². The van der Waals surface area contributed by atoms with Gasteiger partial charge in [0.2, 0.25) is 0 Å². The van der Waals surface area contributed by atoms with Crippen LogP contribution in [0.3, 0.4) is 0 Å². The molecule has 0 bridgehead atoms. The van der Waals surface area contributed by atoms with Crippen molar-refractivity contribution in [2.24, 2.45) is 5.92 Å².